The predicted octanol–water partition coefficient (Wildman–Crippen LogP) is 1.18. The van der Waals surface area contributed by atoms with Crippen molar-refractivity contribution < 1.29 is 18.0 Å². The first-order valence-electron chi connectivity index (χ1n) is 8.09. The second kappa shape index (κ2) is 8.15. The van der Waals surface area contributed by atoms with Crippen LogP contribution in [0.5, 0.6) is 0 Å². The molecule has 3 N–H and O–H groups in total. The van der Waals surface area contributed by atoms with Crippen molar-refractivity contribution in [2.45, 2.75) is 31.2 Å². The number of rotatable bonds is 6. The van der Waals surface area contributed by atoms with Gasteiger partial charge in [-0.2, -0.15) is 0 Å². The van der Waals surface area contributed by atoms with Gasteiger partial charge in [0.15, 0.2) is 0 Å². The Kier molecular flexibility index (Phi) is 6.17. The van der Waals surface area contributed by atoms with Crippen LogP contribution in [0.1, 0.15) is 41.1 Å². The molecule has 1 aromatic carbocycles. The third-order valence-electron chi connectivity index (χ3n) is 3.86. The van der Waals surface area contributed by atoms with Crippen LogP contribution in [0.3, 0.4) is 0 Å². The topological polar surface area (TPSA) is 109 Å². The van der Waals surface area contributed by atoms with E-state index in [2.05, 4.69) is 15.6 Å². The molecular formula is C17H22N4O4S. The summed E-state index contributed by atoms with van der Waals surface area (Å²) in [6, 6.07) is 8.60. The van der Waals surface area contributed by atoms with E-state index < -0.39 is 21.8 Å². The van der Waals surface area contributed by atoms with Gasteiger partial charge in [-0.15, -0.1) is 0 Å². The Labute approximate surface area is 152 Å². The number of amides is 2. The maximum Gasteiger partial charge on any atom is 0.286 e. The Hall–Kier alpha value is -2.65. The zero-order valence-corrected chi connectivity index (χ0v) is 15.6. The lowest BCUT2D eigenvalue weighted by Crippen LogP contribution is -2.42. The highest BCUT2D eigenvalue weighted by Gasteiger charge is 2.17. The minimum atomic E-state index is -3.63. The van der Waals surface area contributed by atoms with Gasteiger partial charge in [-0.1, -0.05) is 6.92 Å². The molecule has 2 amide bonds. The molecule has 26 heavy (non-hydrogen) atoms. The molecule has 0 aliphatic carbocycles. The summed E-state index contributed by atoms with van der Waals surface area (Å²) in [5.41, 5.74) is 5.22. The van der Waals surface area contributed by atoms with Crippen molar-refractivity contribution in [3.63, 3.8) is 0 Å². The third kappa shape index (κ3) is 4.70. The van der Waals surface area contributed by atoms with Crippen LogP contribution in [0.4, 0.5) is 0 Å². The molecule has 0 aliphatic heterocycles. The zero-order valence-electron chi connectivity index (χ0n) is 14.8. The van der Waals surface area contributed by atoms with Gasteiger partial charge in [0.05, 0.1) is 4.90 Å². The van der Waals surface area contributed by atoms with Gasteiger partial charge in [-0.3, -0.25) is 20.4 Å². The van der Waals surface area contributed by atoms with Crippen molar-refractivity contribution in [3.05, 3.63) is 53.9 Å². The molecule has 1 aromatic heterocycles. The Morgan fingerprint density at radius 2 is 1.69 bits per heavy atom. The number of hydrazine groups is 1. The number of nitrogens with zero attached hydrogens (tertiary/aromatic N) is 1. The Morgan fingerprint density at radius 1 is 1.08 bits per heavy atom. The van der Waals surface area contributed by atoms with Crippen LogP contribution in [-0.4, -0.2) is 30.8 Å². The molecule has 140 valence electrons. The number of hydrogen-bond acceptors (Lipinski definition) is 4. The number of sulfonamides is 1. The molecule has 0 bridgehead atoms. The molecule has 0 radical (unpaired) electrons. The Morgan fingerprint density at radius 3 is 2.23 bits per heavy atom. The maximum atomic E-state index is 12.2. The smallest absolute Gasteiger partial charge is 0.286 e. The molecule has 0 fully saturated rings. The van der Waals surface area contributed by atoms with Crippen LogP contribution in [0, 0.1) is 0 Å². The summed E-state index contributed by atoms with van der Waals surface area (Å²) in [5, 5.41) is 0. The molecule has 1 atom stereocenters. The van der Waals surface area contributed by atoms with Crippen molar-refractivity contribution >= 4 is 21.8 Å². The lowest BCUT2D eigenvalue weighted by molar-refractivity contribution is 0.0842. The van der Waals surface area contributed by atoms with E-state index in [1.807, 2.05) is 6.92 Å². The minimum Gasteiger partial charge on any atom is -0.347 e. The number of carbonyl (C=O) groups is 2. The van der Waals surface area contributed by atoms with Gasteiger partial charge in [0.25, 0.3) is 11.8 Å². The highest BCUT2D eigenvalue weighted by molar-refractivity contribution is 7.89. The normalized spacial score (nSPS) is 12.4. The monoisotopic (exact) mass is 378 g/mol. The van der Waals surface area contributed by atoms with Crippen molar-refractivity contribution in [3.8, 4) is 0 Å². The summed E-state index contributed by atoms with van der Waals surface area (Å²) in [7, 11) is -1.92. The van der Waals surface area contributed by atoms with E-state index in [0.717, 1.165) is 0 Å². The Balaban J connectivity index is 2.00. The lowest BCUT2D eigenvalue weighted by atomic mass is 10.2. The van der Waals surface area contributed by atoms with Gasteiger partial charge in [0, 0.05) is 24.8 Å². The zero-order chi connectivity index (χ0) is 19.3. The fraction of sp³-hybridized carbons (Fsp3) is 0.294. The van der Waals surface area contributed by atoms with Gasteiger partial charge in [-0.05, 0) is 49.7 Å². The average molecular weight is 378 g/mol. The fourth-order valence-electron chi connectivity index (χ4n) is 2.15. The van der Waals surface area contributed by atoms with Crippen molar-refractivity contribution in [2.75, 3.05) is 0 Å². The molecule has 0 aliphatic rings. The maximum absolute atomic E-state index is 12.2. The highest BCUT2D eigenvalue weighted by Crippen LogP contribution is 2.11. The van der Waals surface area contributed by atoms with Gasteiger partial charge < -0.3 is 4.57 Å². The van der Waals surface area contributed by atoms with E-state index >= 15 is 0 Å². The number of aryl methyl sites for hydroxylation is 1. The molecule has 0 spiro atoms. The van der Waals surface area contributed by atoms with Crippen LogP contribution in [0.25, 0.3) is 0 Å². The van der Waals surface area contributed by atoms with Gasteiger partial charge in [0.1, 0.15) is 5.69 Å². The molecule has 0 saturated heterocycles. The molecule has 8 nitrogen and oxygen atoms in total. The summed E-state index contributed by atoms with van der Waals surface area (Å²) in [4.78, 5) is 24.1. The Bertz CT molecular complexity index is 888. The van der Waals surface area contributed by atoms with E-state index in [-0.39, 0.29) is 16.5 Å². The van der Waals surface area contributed by atoms with Crippen molar-refractivity contribution in [1.82, 2.24) is 20.1 Å². The van der Waals surface area contributed by atoms with E-state index in [0.29, 0.717) is 12.1 Å². The summed E-state index contributed by atoms with van der Waals surface area (Å²) >= 11 is 0. The highest BCUT2D eigenvalue weighted by atomic mass is 32.2. The SMILES string of the molecule is CC[C@H](C)NS(=O)(=O)c1ccc(C(=O)NNC(=O)c2cccn2C)cc1. The molecule has 0 unspecified atom stereocenters. The van der Waals surface area contributed by atoms with Gasteiger partial charge in [0.2, 0.25) is 10.0 Å². The van der Waals surface area contributed by atoms with Crippen molar-refractivity contribution in [1.29, 1.82) is 0 Å². The number of hydrogen-bond donors (Lipinski definition) is 3. The lowest BCUT2D eigenvalue weighted by Gasteiger charge is -2.12. The van der Waals surface area contributed by atoms with E-state index in [9.17, 15) is 18.0 Å². The van der Waals surface area contributed by atoms with Crippen LogP contribution in [-0.2, 0) is 17.1 Å². The fourth-order valence-corrected chi connectivity index (χ4v) is 3.48. The summed E-state index contributed by atoms with van der Waals surface area (Å²) < 4.78 is 28.5. The summed E-state index contributed by atoms with van der Waals surface area (Å²) in [6.45, 7) is 3.65. The number of aromatic nitrogens is 1. The molecular weight excluding hydrogens is 356 g/mol. The minimum absolute atomic E-state index is 0.0715. The first kappa shape index (κ1) is 19.7. The number of nitrogens with one attached hydrogen (secondary N) is 3. The quantitative estimate of drug-likeness (QED) is 0.656. The standard InChI is InChI=1S/C17H22N4O4S/c1-4-12(2)20-26(24,25)14-9-7-13(8-10-14)16(22)18-19-17(23)15-6-5-11-21(15)3/h5-12,20H,4H2,1-3H3,(H,18,22)(H,19,23)/t12-/m0/s1. The van der Waals surface area contributed by atoms with E-state index in [4.69, 9.17) is 0 Å². The molecule has 1 heterocycles. The second-order valence-corrected chi connectivity index (χ2v) is 7.58. The van der Waals surface area contributed by atoms with Crippen LogP contribution in [0.15, 0.2) is 47.5 Å². The first-order chi connectivity index (χ1) is 12.2. The molecule has 2 aromatic rings. The first-order valence-corrected chi connectivity index (χ1v) is 9.57. The summed E-state index contributed by atoms with van der Waals surface area (Å²) in [5.74, 6) is -1.01. The third-order valence-corrected chi connectivity index (χ3v) is 5.47. The van der Waals surface area contributed by atoms with E-state index in [1.165, 1.54) is 24.3 Å². The summed E-state index contributed by atoms with van der Waals surface area (Å²) in [6.07, 6.45) is 2.38. The molecule has 9 heteroatoms. The predicted molar refractivity (Wildman–Crippen MR) is 96.9 cm³/mol. The van der Waals surface area contributed by atoms with Gasteiger partial charge >= 0.3 is 0 Å². The molecule has 0 saturated carbocycles. The molecule has 2 rings (SSSR count). The second-order valence-electron chi connectivity index (χ2n) is 5.87. The largest absolute Gasteiger partial charge is 0.347 e. The average Bonchev–Trinajstić information content (AvgIpc) is 3.05. The van der Waals surface area contributed by atoms with E-state index in [1.54, 1.807) is 36.9 Å². The van der Waals surface area contributed by atoms with Gasteiger partial charge in [-0.25, -0.2) is 13.1 Å². The number of benzene rings is 1. The van der Waals surface area contributed by atoms with Crippen molar-refractivity contribution in [2.24, 2.45) is 7.05 Å². The van der Waals surface area contributed by atoms with Crippen LogP contribution >= 0.6 is 0 Å². The van der Waals surface area contributed by atoms with Crippen LogP contribution < -0.4 is 15.6 Å². The number of carbonyl (C=O) groups excluding carboxylic acids is 2. The van der Waals surface area contributed by atoms with Crippen LogP contribution in [0.2, 0.25) is 0 Å².